The molecule has 0 aromatic rings. The van der Waals surface area contributed by atoms with Crippen molar-refractivity contribution in [2.75, 3.05) is 40.0 Å². The quantitative estimate of drug-likeness (QED) is 0.476. The lowest BCUT2D eigenvalue weighted by Gasteiger charge is -2.33. The summed E-state index contributed by atoms with van der Waals surface area (Å²) in [5.41, 5.74) is 0. The lowest BCUT2D eigenvalue weighted by atomic mass is 10.1. The van der Waals surface area contributed by atoms with E-state index in [1.165, 1.54) is 18.9 Å². The summed E-state index contributed by atoms with van der Waals surface area (Å²) in [6.45, 7) is 3.44. The minimum Gasteiger partial charge on any atom is -0.466 e. The molecular weight excluding hydrogens is 332 g/mol. The Kier molecular flexibility index (Phi) is 6.51. The fourth-order valence-corrected chi connectivity index (χ4v) is 2.90. The summed E-state index contributed by atoms with van der Waals surface area (Å²) in [6, 6.07) is -0.855. The number of rotatable bonds is 4. The van der Waals surface area contributed by atoms with Crippen LogP contribution in [0, 0.1) is 0 Å². The van der Waals surface area contributed by atoms with Crippen molar-refractivity contribution in [1.29, 1.82) is 0 Å². The molecule has 0 aliphatic carbocycles. The topological polar surface area (TPSA) is 102 Å². The van der Waals surface area contributed by atoms with E-state index in [0.29, 0.717) is 39.3 Å². The summed E-state index contributed by atoms with van der Waals surface area (Å²) in [4.78, 5) is 50.6. The van der Waals surface area contributed by atoms with Crippen LogP contribution in [-0.4, -0.2) is 85.7 Å². The van der Waals surface area contributed by atoms with E-state index in [1.54, 1.807) is 4.90 Å². The van der Waals surface area contributed by atoms with E-state index in [0.717, 1.165) is 12.2 Å². The van der Waals surface area contributed by atoms with Crippen molar-refractivity contribution >= 4 is 23.8 Å². The van der Waals surface area contributed by atoms with Gasteiger partial charge in [0.25, 0.3) is 0 Å². The van der Waals surface area contributed by atoms with Crippen LogP contribution in [0.1, 0.15) is 13.3 Å². The van der Waals surface area contributed by atoms with Gasteiger partial charge in [-0.1, -0.05) is 0 Å². The maximum Gasteiger partial charge on any atom is 0.331 e. The van der Waals surface area contributed by atoms with Crippen LogP contribution in [0.5, 0.6) is 0 Å². The fraction of sp³-hybridized carbons (Fsp3) is 0.625. The van der Waals surface area contributed by atoms with Crippen molar-refractivity contribution < 1.29 is 33.4 Å². The number of carbonyl (C=O) groups excluding carboxylic acids is 4. The average molecular weight is 354 g/mol. The highest BCUT2D eigenvalue weighted by molar-refractivity contribution is 5.92. The number of esters is 2. The molecule has 9 heteroatoms. The van der Waals surface area contributed by atoms with E-state index in [-0.39, 0.29) is 11.8 Å². The van der Waals surface area contributed by atoms with E-state index in [9.17, 15) is 19.2 Å². The molecule has 9 nitrogen and oxygen atoms in total. The molecule has 2 aliphatic rings. The van der Waals surface area contributed by atoms with Crippen LogP contribution in [-0.2, 0) is 33.4 Å². The smallest absolute Gasteiger partial charge is 0.331 e. The number of hydrogen-bond acceptors (Lipinski definition) is 7. The van der Waals surface area contributed by atoms with Gasteiger partial charge in [-0.3, -0.25) is 9.59 Å². The predicted octanol–water partition coefficient (Wildman–Crippen LogP) is -0.893. The van der Waals surface area contributed by atoms with Gasteiger partial charge in [0.1, 0.15) is 12.1 Å². The largest absolute Gasteiger partial charge is 0.466 e. The first-order chi connectivity index (χ1) is 11.9. The van der Waals surface area contributed by atoms with Crippen LogP contribution in [0.25, 0.3) is 0 Å². The van der Waals surface area contributed by atoms with Crippen LogP contribution < -0.4 is 0 Å². The summed E-state index contributed by atoms with van der Waals surface area (Å²) in [6.07, 6.45) is 1.49. The molecule has 2 heterocycles. The monoisotopic (exact) mass is 354 g/mol. The first-order valence-corrected chi connectivity index (χ1v) is 8.04. The molecule has 0 unspecified atom stereocenters. The van der Waals surface area contributed by atoms with Gasteiger partial charge in [0, 0.05) is 45.1 Å². The molecule has 0 bridgehead atoms. The lowest BCUT2D eigenvalue weighted by molar-refractivity contribution is -0.155. The number of ether oxygens (including phenoxy) is 3. The molecular formula is C16H22N2O7. The van der Waals surface area contributed by atoms with Crippen LogP contribution in [0.3, 0.4) is 0 Å². The molecule has 0 aromatic heterocycles. The minimum atomic E-state index is -0.855. The number of hydrogen-bond donors (Lipinski definition) is 0. The Labute approximate surface area is 145 Å². The van der Waals surface area contributed by atoms with Gasteiger partial charge >= 0.3 is 11.9 Å². The van der Waals surface area contributed by atoms with Crippen molar-refractivity contribution in [3.05, 3.63) is 12.2 Å². The van der Waals surface area contributed by atoms with Crippen LogP contribution in [0.2, 0.25) is 0 Å². The molecule has 2 atom stereocenters. The van der Waals surface area contributed by atoms with E-state index < -0.39 is 24.1 Å². The van der Waals surface area contributed by atoms with Gasteiger partial charge in [-0.25, -0.2) is 9.59 Å². The van der Waals surface area contributed by atoms with Gasteiger partial charge in [0.2, 0.25) is 11.8 Å². The second kappa shape index (κ2) is 8.61. The number of nitrogens with zero attached hydrogens (tertiary/aromatic N) is 2. The zero-order valence-electron chi connectivity index (χ0n) is 14.3. The third-order valence-corrected chi connectivity index (χ3v) is 4.15. The van der Waals surface area contributed by atoms with Gasteiger partial charge in [0.05, 0.1) is 20.3 Å². The van der Waals surface area contributed by atoms with Gasteiger partial charge < -0.3 is 24.0 Å². The molecule has 2 saturated heterocycles. The van der Waals surface area contributed by atoms with E-state index >= 15 is 0 Å². The number of carbonyl (C=O) groups is 4. The molecule has 25 heavy (non-hydrogen) atoms. The van der Waals surface area contributed by atoms with Crippen LogP contribution >= 0.6 is 0 Å². The molecule has 0 radical (unpaired) electrons. The first kappa shape index (κ1) is 18.9. The normalized spacial score (nSPS) is 23.6. The molecule has 138 valence electrons. The molecule has 2 rings (SSSR count). The van der Waals surface area contributed by atoms with Gasteiger partial charge in [-0.15, -0.1) is 0 Å². The summed E-state index contributed by atoms with van der Waals surface area (Å²) in [5, 5.41) is 0. The number of morpholine rings is 1. The molecule has 0 spiro atoms. The third-order valence-electron chi connectivity index (χ3n) is 4.15. The molecule has 0 N–H and O–H groups in total. The highest BCUT2D eigenvalue weighted by Crippen LogP contribution is 2.24. The lowest BCUT2D eigenvalue weighted by Crippen LogP contribution is -2.54. The molecule has 2 fully saturated rings. The molecule has 2 aliphatic heterocycles. The molecule has 0 aromatic carbocycles. The Morgan fingerprint density at radius 1 is 1.04 bits per heavy atom. The Morgan fingerprint density at radius 3 is 2.28 bits per heavy atom. The highest BCUT2D eigenvalue weighted by atomic mass is 16.5. The van der Waals surface area contributed by atoms with E-state index in [1.807, 2.05) is 0 Å². The average Bonchev–Trinajstić information content (AvgIpc) is 3.03. The highest BCUT2D eigenvalue weighted by Gasteiger charge is 2.44. The third kappa shape index (κ3) is 4.79. The molecule has 0 saturated carbocycles. The second-order valence-corrected chi connectivity index (χ2v) is 5.72. The summed E-state index contributed by atoms with van der Waals surface area (Å²) in [7, 11) is 1.19. The van der Waals surface area contributed by atoms with Crippen molar-refractivity contribution in [3.63, 3.8) is 0 Å². The van der Waals surface area contributed by atoms with E-state index in [2.05, 4.69) is 4.74 Å². The number of methoxy groups -OCH3 is 1. The predicted molar refractivity (Wildman–Crippen MR) is 84.2 cm³/mol. The molecule has 2 amide bonds. The standard InChI is InChI=1S/C16H22N2O7/c1-11(19)18-6-5-12(25-14(21)4-3-13(20)23-2)15(18)16(22)17-7-9-24-10-8-17/h3-4,12,15H,5-10H2,1-2H3/b4-3+/t12-,15+/m1/s1. The second-order valence-electron chi connectivity index (χ2n) is 5.72. The summed E-state index contributed by atoms with van der Waals surface area (Å²) >= 11 is 0. The number of likely N-dealkylation sites (tertiary alicyclic amines) is 1. The Morgan fingerprint density at radius 2 is 1.68 bits per heavy atom. The fourth-order valence-electron chi connectivity index (χ4n) is 2.90. The van der Waals surface area contributed by atoms with Crippen molar-refractivity contribution in [3.8, 4) is 0 Å². The van der Waals surface area contributed by atoms with Gasteiger partial charge in [-0.05, 0) is 0 Å². The van der Waals surface area contributed by atoms with Gasteiger partial charge in [0.15, 0.2) is 0 Å². The zero-order chi connectivity index (χ0) is 18.4. The van der Waals surface area contributed by atoms with Crippen molar-refractivity contribution in [1.82, 2.24) is 9.80 Å². The van der Waals surface area contributed by atoms with E-state index in [4.69, 9.17) is 9.47 Å². The van der Waals surface area contributed by atoms with Gasteiger partial charge in [-0.2, -0.15) is 0 Å². The maximum atomic E-state index is 12.8. The zero-order valence-corrected chi connectivity index (χ0v) is 14.3. The van der Waals surface area contributed by atoms with Crippen molar-refractivity contribution in [2.45, 2.75) is 25.5 Å². The summed E-state index contributed by atoms with van der Waals surface area (Å²) < 4.78 is 14.9. The first-order valence-electron chi connectivity index (χ1n) is 8.04. The Balaban J connectivity index is 2.08. The minimum absolute atomic E-state index is 0.254. The Bertz CT molecular complexity index is 569. The Hall–Kier alpha value is -2.42. The van der Waals surface area contributed by atoms with Crippen LogP contribution in [0.15, 0.2) is 12.2 Å². The SMILES string of the molecule is COC(=O)/C=C/C(=O)O[C@@H]1CCN(C(C)=O)[C@@H]1C(=O)N1CCOCC1. The van der Waals surface area contributed by atoms with Crippen molar-refractivity contribution in [2.24, 2.45) is 0 Å². The summed E-state index contributed by atoms with van der Waals surface area (Å²) in [5.74, 6) is -1.96. The maximum absolute atomic E-state index is 12.8. The number of amides is 2. The van der Waals surface area contributed by atoms with Crippen LogP contribution in [0.4, 0.5) is 0 Å².